The molecule has 9 nitrogen and oxygen atoms in total. The highest BCUT2D eigenvalue weighted by Gasteiger charge is 2.26. The number of ether oxygens (including phenoxy) is 2. The summed E-state index contributed by atoms with van der Waals surface area (Å²) in [5.41, 5.74) is -0.163. The fourth-order valence-electron chi connectivity index (χ4n) is 6.40. The number of esters is 2. The Morgan fingerprint density at radius 1 is 0.582 bits per heavy atom. The second-order valence-electron chi connectivity index (χ2n) is 16.6. The lowest BCUT2D eigenvalue weighted by molar-refractivity contribution is -0.161. The molecule has 0 bridgehead atoms. The van der Waals surface area contributed by atoms with Crippen LogP contribution in [0.2, 0.25) is 0 Å². The Labute approximate surface area is 339 Å². The van der Waals surface area contributed by atoms with E-state index >= 15 is 0 Å². The first-order valence-electron chi connectivity index (χ1n) is 22.9. The molecule has 326 valence electrons. The van der Waals surface area contributed by atoms with Crippen molar-refractivity contribution < 1.29 is 37.6 Å². The van der Waals surface area contributed by atoms with Gasteiger partial charge in [0, 0.05) is 24.9 Å². The van der Waals surface area contributed by atoms with Crippen molar-refractivity contribution >= 4 is 19.8 Å². The molecule has 0 aliphatic heterocycles. The van der Waals surface area contributed by atoms with Crippen LogP contribution in [-0.2, 0) is 32.7 Å². The Balaban J connectivity index is 4.37. The summed E-state index contributed by atoms with van der Waals surface area (Å²) < 4.78 is 33.7. The lowest BCUT2D eigenvalue weighted by atomic mass is 10.0. The van der Waals surface area contributed by atoms with Gasteiger partial charge in [0.1, 0.15) is 6.61 Å². The van der Waals surface area contributed by atoms with E-state index in [1.807, 2.05) is 20.8 Å². The first-order chi connectivity index (χ1) is 26.5. The van der Waals surface area contributed by atoms with Crippen LogP contribution in [0.1, 0.15) is 227 Å². The Kier molecular flexibility index (Phi) is 37.4. The van der Waals surface area contributed by atoms with Crippen molar-refractivity contribution in [2.45, 2.75) is 239 Å². The molecule has 0 aliphatic carbocycles. The molecule has 0 rings (SSSR count). The van der Waals surface area contributed by atoms with Gasteiger partial charge in [-0.3, -0.25) is 18.6 Å². The zero-order valence-electron chi connectivity index (χ0n) is 36.5. The molecule has 0 aromatic carbocycles. The molecule has 0 spiro atoms. The molecule has 0 saturated carbocycles. The van der Waals surface area contributed by atoms with Crippen LogP contribution in [0.3, 0.4) is 0 Å². The molecular weight excluding hydrogens is 713 g/mol. The molecule has 2 atom stereocenters. The number of phosphoric ester groups is 1. The summed E-state index contributed by atoms with van der Waals surface area (Å²) in [7, 11) is -4.40. The maximum Gasteiger partial charge on any atom is 0.472 e. The molecule has 2 N–H and O–H groups in total. The fourth-order valence-corrected chi connectivity index (χ4v) is 7.15. The third kappa shape index (κ3) is 42.2. The van der Waals surface area contributed by atoms with E-state index in [1.165, 1.54) is 122 Å². The summed E-state index contributed by atoms with van der Waals surface area (Å²) in [6.45, 7) is 10.2. The predicted octanol–water partition coefficient (Wildman–Crippen LogP) is 13.3. The molecular formula is C45H88NO8P. The van der Waals surface area contributed by atoms with Crippen molar-refractivity contribution in [3.05, 3.63) is 12.2 Å². The minimum absolute atomic E-state index is 0.0281. The summed E-state index contributed by atoms with van der Waals surface area (Å²) in [6, 6.07) is 0. The van der Waals surface area contributed by atoms with Gasteiger partial charge in [-0.05, 0) is 59.3 Å². The lowest BCUT2D eigenvalue weighted by Crippen LogP contribution is -2.37. The number of phosphoric acid groups is 1. The van der Waals surface area contributed by atoms with Crippen LogP contribution in [0.15, 0.2) is 12.2 Å². The Hall–Kier alpha value is -1.25. The van der Waals surface area contributed by atoms with E-state index in [2.05, 4.69) is 31.3 Å². The van der Waals surface area contributed by atoms with E-state index < -0.39 is 26.5 Å². The van der Waals surface area contributed by atoms with E-state index in [-0.39, 0.29) is 37.6 Å². The first kappa shape index (κ1) is 53.8. The van der Waals surface area contributed by atoms with Crippen molar-refractivity contribution in [3.8, 4) is 0 Å². The van der Waals surface area contributed by atoms with Crippen molar-refractivity contribution in [1.82, 2.24) is 5.32 Å². The van der Waals surface area contributed by atoms with E-state index in [4.69, 9.17) is 18.5 Å². The molecule has 0 amide bonds. The fraction of sp³-hybridized carbons (Fsp3) is 0.911. The zero-order chi connectivity index (χ0) is 40.7. The molecule has 0 aromatic rings. The van der Waals surface area contributed by atoms with E-state index in [0.717, 1.165) is 51.4 Å². The normalized spacial score (nSPS) is 13.6. The van der Waals surface area contributed by atoms with Crippen molar-refractivity contribution in [1.29, 1.82) is 0 Å². The van der Waals surface area contributed by atoms with Gasteiger partial charge in [0.15, 0.2) is 6.10 Å². The molecule has 0 aliphatic rings. The summed E-state index contributed by atoms with van der Waals surface area (Å²) in [5.74, 6) is -0.808. The molecule has 0 aromatic heterocycles. The number of carbonyl (C=O) groups excluding carboxylic acids is 2. The smallest absolute Gasteiger partial charge is 0.462 e. The van der Waals surface area contributed by atoms with Gasteiger partial charge < -0.3 is 19.7 Å². The zero-order valence-corrected chi connectivity index (χ0v) is 37.4. The average Bonchev–Trinajstić information content (AvgIpc) is 3.14. The maximum absolute atomic E-state index is 12.7. The number of unbranched alkanes of at least 4 members (excludes halogenated alkanes) is 25. The van der Waals surface area contributed by atoms with E-state index in [1.54, 1.807) is 0 Å². The van der Waals surface area contributed by atoms with Crippen molar-refractivity contribution in [2.75, 3.05) is 26.4 Å². The van der Waals surface area contributed by atoms with Gasteiger partial charge >= 0.3 is 19.8 Å². The molecule has 55 heavy (non-hydrogen) atoms. The minimum Gasteiger partial charge on any atom is -0.462 e. The number of hydrogen-bond acceptors (Lipinski definition) is 8. The quantitative estimate of drug-likeness (QED) is 0.0269. The summed E-state index contributed by atoms with van der Waals surface area (Å²) in [5, 5.41) is 3.18. The SMILES string of the molecule is CCCCCCCC/C=C\CCCCCCCC(=O)OCC(COP(=O)(O)OCCNC(C)(C)C)OC(=O)CCCCCCCCCCCCCCCCC. The number of carbonyl (C=O) groups is 2. The Bertz CT molecular complexity index is 954. The van der Waals surface area contributed by atoms with Gasteiger partial charge in [-0.15, -0.1) is 0 Å². The van der Waals surface area contributed by atoms with Crippen LogP contribution in [-0.4, -0.2) is 54.8 Å². The highest BCUT2D eigenvalue weighted by atomic mass is 31.2. The third-order valence-electron chi connectivity index (χ3n) is 9.79. The summed E-state index contributed by atoms with van der Waals surface area (Å²) in [4.78, 5) is 35.4. The van der Waals surface area contributed by atoms with Gasteiger partial charge in [-0.1, -0.05) is 167 Å². The van der Waals surface area contributed by atoms with Gasteiger partial charge in [-0.25, -0.2) is 4.57 Å². The standard InChI is InChI=1S/C45H88NO8P/c1-6-8-10-12-14-16-18-20-22-24-26-28-30-32-34-36-43(47)51-40-42(41-53-55(49,50)52-39-38-46-45(3,4)5)54-44(48)37-35-33-31-29-27-25-23-21-19-17-15-13-11-9-7-2/h20,22,42,46H,6-19,21,23-41H2,1-5H3,(H,49,50)/b22-20-. The number of allylic oxidation sites excluding steroid dienone is 2. The monoisotopic (exact) mass is 802 g/mol. The topological polar surface area (TPSA) is 120 Å². The second kappa shape index (κ2) is 38.3. The minimum atomic E-state index is -4.40. The molecule has 0 saturated heterocycles. The maximum atomic E-state index is 12.7. The number of nitrogens with one attached hydrogen (secondary N) is 1. The highest BCUT2D eigenvalue weighted by Crippen LogP contribution is 2.43. The molecule has 0 fully saturated rings. The summed E-state index contributed by atoms with van der Waals surface area (Å²) >= 11 is 0. The Morgan fingerprint density at radius 2 is 0.982 bits per heavy atom. The van der Waals surface area contributed by atoms with E-state index in [0.29, 0.717) is 13.0 Å². The van der Waals surface area contributed by atoms with Crippen molar-refractivity contribution in [3.63, 3.8) is 0 Å². The second-order valence-corrected chi connectivity index (χ2v) is 18.1. The largest absolute Gasteiger partial charge is 0.472 e. The predicted molar refractivity (Wildman–Crippen MR) is 229 cm³/mol. The molecule has 0 radical (unpaired) electrons. The van der Waals surface area contributed by atoms with Crippen LogP contribution >= 0.6 is 7.82 Å². The average molecular weight is 802 g/mol. The van der Waals surface area contributed by atoms with Gasteiger partial charge in [0.2, 0.25) is 0 Å². The van der Waals surface area contributed by atoms with Crippen LogP contribution in [0, 0.1) is 0 Å². The van der Waals surface area contributed by atoms with Crippen molar-refractivity contribution in [2.24, 2.45) is 0 Å². The van der Waals surface area contributed by atoms with Crippen LogP contribution in [0.25, 0.3) is 0 Å². The number of rotatable bonds is 41. The van der Waals surface area contributed by atoms with Gasteiger partial charge in [0.25, 0.3) is 0 Å². The molecule has 2 unspecified atom stereocenters. The Morgan fingerprint density at radius 3 is 1.42 bits per heavy atom. The third-order valence-corrected chi connectivity index (χ3v) is 10.8. The van der Waals surface area contributed by atoms with Crippen LogP contribution in [0.5, 0.6) is 0 Å². The first-order valence-corrected chi connectivity index (χ1v) is 24.4. The number of hydrogen-bond donors (Lipinski definition) is 2. The van der Waals surface area contributed by atoms with E-state index in [9.17, 15) is 19.0 Å². The molecule has 10 heteroatoms. The molecule has 0 heterocycles. The highest BCUT2D eigenvalue weighted by molar-refractivity contribution is 7.47. The summed E-state index contributed by atoms with van der Waals surface area (Å²) in [6.07, 6.45) is 38.1. The van der Waals surface area contributed by atoms with Crippen LogP contribution < -0.4 is 5.32 Å². The van der Waals surface area contributed by atoms with Gasteiger partial charge in [-0.2, -0.15) is 0 Å². The van der Waals surface area contributed by atoms with Gasteiger partial charge in [0.05, 0.1) is 13.2 Å². The lowest BCUT2D eigenvalue weighted by Gasteiger charge is -2.22. The van der Waals surface area contributed by atoms with Crippen LogP contribution in [0.4, 0.5) is 0 Å².